The van der Waals surface area contributed by atoms with Crippen LogP contribution in [0.4, 0.5) is 5.13 Å². The smallest absolute Gasteiger partial charge is 0.251 e. The number of aromatic nitrogens is 1. The molecule has 5 nitrogen and oxygen atoms in total. The molecule has 156 valence electrons. The van der Waals surface area contributed by atoms with Crippen molar-refractivity contribution in [2.75, 3.05) is 11.4 Å². The SMILES string of the molecule is C=CCN(Cc1ccc(C(=O)NCc2cccc(CN)c2)cc1)c1nc(C)c(C)s1. The summed E-state index contributed by atoms with van der Waals surface area (Å²) in [5, 5.41) is 3.96. The van der Waals surface area contributed by atoms with Crippen LogP contribution in [0.15, 0.2) is 61.2 Å². The number of rotatable bonds is 9. The van der Waals surface area contributed by atoms with E-state index in [0.29, 0.717) is 25.2 Å². The molecule has 0 aliphatic heterocycles. The van der Waals surface area contributed by atoms with Crippen LogP contribution in [-0.2, 0) is 19.6 Å². The number of nitrogens with one attached hydrogen (secondary N) is 1. The summed E-state index contributed by atoms with van der Waals surface area (Å²) < 4.78 is 0. The molecule has 0 aliphatic rings. The lowest BCUT2D eigenvalue weighted by atomic mass is 10.1. The normalized spacial score (nSPS) is 10.6. The Kier molecular flexibility index (Phi) is 7.38. The topological polar surface area (TPSA) is 71.2 Å². The Hall–Kier alpha value is -2.96. The fraction of sp³-hybridized carbons (Fsp3) is 0.250. The van der Waals surface area contributed by atoms with Gasteiger partial charge in [-0.1, -0.05) is 42.5 Å². The number of hydrogen-bond donors (Lipinski definition) is 2. The summed E-state index contributed by atoms with van der Waals surface area (Å²) in [4.78, 5) is 20.6. The van der Waals surface area contributed by atoms with Crippen molar-refractivity contribution in [3.8, 4) is 0 Å². The van der Waals surface area contributed by atoms with Crippen LogP contribution in [-0.4, -0.2) is 17.4 Å². The van der Waals surface area contributed by atoms with Gasteiger partial charge in [0.15, 0.2) is 5.13 Å². The van der Waals surface area contributed by atoms with Crippen LogP contribution >= 0.6 is 11.3 Å². The van der Waals surface area contributed by atoms with Crippen LogP contribution in [0, 0.1) is 13.8 Å². The summed E-state index contributed by atoms with van der Waals surface area (Å²) in [7, 11) is 0. The second-order valence-electron chi connectivity index (χ2n) is 7.21. The highest BCUT2D eigenvalue weighted by Crippen LogP contribution is 2.26. The van der Waals surface area contributed by atoms with Crippen molar-refractivity contribution in [3.05, 3.63) is 94.0 Å². The van der Waals surface area contributed by atoms with Crippen LogP contribution in [0.2, 0.25) is 0 Å². The molecule has 6 heteroatoms. The van der Waals surface area contributed by atoms with Gasteiger partial charge in [-0.15, -0.1) is 17.9 Å². The number of carbonyl (C=O) groups excluding carboxylic acids is 1. The molecule has 3 rings (SSSR count). The summed E-state index contributed by atoms with van der Waals surface area (Å²) in [6.07, 6.45) is 1.88. The number of hydrogen-bond acceptors (Lipinski definition) is 5. The van der Waals surface area contributed by atoms with E-state index >= 15 is 0 Å². The second-order valence-corrected chi connectivity index (χ2v) is 8.39. The minimum absolute atomic E-state index is 0.0891. The largest absolute Gasteiger partial charge is 0.348 e. The van der Waals surface area contributed by atoms with E-state index < -0.39 is 0 Å². The molecule has 1 aromatic heterocycles. The van der Waals surface area contributed by atoms with Gasteiger partial charge in [-0.25, -0.2) is 4.98 Å². The number of carbonyl (C=O) groups is 1. The maximum absolute atomic E-state index is 12.5. The van der Waals surface area contributed by atoms with E-state index in [9.17, 15) is 4.79 Å². The molecular weight excluding hydrogens is 392 g/mol. The molecule has 0 spiro atoms. The molecule has 0 atom stereocenters. The summed E-state index contributed by atoms with van der Waals surface area (Å²) >= 11 is 1.69. The Labute approximate surface area is 182 Å². The molecule has 2 aromatic carbocycles. The molecule has 3 N–H and O–H groups in total. The Morgan fingerprint density at radius 1 is 1.17 bits per heavy atom. The number of aryl methyl sites for hydroxylation is 2. The third-order valence-corrected chi connectivity index (χ3v) is 6.04. The Morgan fingerprint density at radius 3 is 2.53 bits per heavy atom. The quantitative estimate of drug-likeness (QED) is 0.505. The predicted molar refractivity (Wildman–Crippen MR) is 125 cm³/mol. The lowest BCUT2D eigenvalue weighted by Gasteiger charge is -2.20. The molecular formula is C24H28N4OS. The highest BCUT2D eigenvalue weighted by atomic mass is 32.1. The summed E-state index contributed by atoms with van der Waals surface area (Å²) in [6.45, 7) is 10.4. The minimum Gasteiger partial charge on any atom is -0.348 e. The molecule has 1 amide bonds. The van der Waals surface area contributed by atoms with Crippen LogP contribution in [0.5, 0.6) is 0 Å². The first-order chi connectivity index (χ1) is 14.5. The first kappa shape index (κ1) is 21.7. The summed E-state index contributed by atoms with van der Waals surface area (Å²) in [5.74, 6) is -0.0891. The fourth-order valence-corrected chi connectivity index (χ4v) is 4.01. The molecule has 0 fully saturated rings. The van der Waals surface area contributed by atoms with Gasteiger partial charge < -0.3 is 16.0 Å². The molecule has 0 unspecified atom stereocenters. The average Bonchev–Trinajstić information content (AvgIpc) is 3.10. The lowest BCUT2D eigenvalue weighted by Crippen LogP contribution is -2.24. The number of nitrogens with two attached hydrogens (primary N) is 1. The van der Waals surface area contributed by atoms with E-state index in [1.165, 1.54) is 4.88 Å². The zero-order valence-electron chi connectivity index (χ0n) is 17.5. The van der Waals surface area contributed by atoms with Crippen LogP contribution in [0.3, 0.4) is 0 Å². The van der Waals surface area contributed by atoms with Gasteiger partial charge >= 0.3 is 0 Å². The second kappa shape index (κ2) is 10.2. The van der Waals surface area contributed by atoms with Gasteiger partial charge in [0.25, 0.3) is 5.91 Å². The van der Waals surface area contributed by atoms with Crippen molar-refractivity contribution in [2.24, 2.45) is 5.73 Å². The van der Waals surface area contributed by atoms with E-state index in [4.69, 9.17) is 5.73 Å². The molecule has 0 saturated carbocycles. The first-order valence-corrected chi connectivity index (χ1v) is 10.8. The number of amides is 1. The number of anilines is 1. The van der Waals surface area contributed by atoms with Crippen molar-refractivity contribution in [2.45, 2.75) is 33.5 Å². The number of benzene rings is 2. The molecule has 30 heavy (non-hydrogen) atoms. The number of nitrogens with zero attached hydrogens (tertiary/aromatic N) is 2. The molecule has 0 aliphatic carbocycles. The van der Waals surface area contributed by atoms with Gasteiger partial charge in [0.05, 0.1) is 5.69 Å². The predicted octanol–water partition coefficient (Wildman–Crippen LogP) is 4.34. The number of thiazole rings is 1. The summed E-state index contributed by atoms with van der Waals surface area (Å²) in [5.41, 5.74) is 10.6. The first-order valence-electron chi connectivity index (χ1n) is 9.95. The average molecular weight is 421 g/mol. The zero-order chi connectivity index (χ0) is 21.5. The van der Waals surface area contributed by atoms with Crippen LogP contribution in [0.25, 0.3) is 0 Å². The van der Waals surface area contributed by atoms with Crippen molar-refractivity contribution < 1.29 is 4.79 Å². The zero-order valence-corrected chi connectivity index (χ0v) is 18.3. The lowest BCUT2D eigenvalue weighted by molar-refractivity contribution is 0.0951. The van der Waals surface area contributed by atoms with Crippen molar-refractivity contribution in [3.63, 3.8) is 0 Å². The third-order valence-electron chi connectivity index (χ3n) is 4.91. The molecule has 3 aromatic rings. The Morgan fingerprint density at radius 2 is 1.90 bits per heavy atom. The highest BCUT2D eigenvalue weighted by Gasteiger charge is 2.13. The van der Waals surface area contributed by atoms with Gasteiger partial charge in [-0.3, -0.25) is 4.79 Å². The highest BCUT2D eigenvalue weighted by molar-refractivity contribution is 7.15. The fourth-order valence-electron chi connectivity index (χ4n) is 3.09. The van der Waals surface area contributed by atoms with E-state index in [2.05, 4.69) is 28.7 Å². The Bertz CT molecular complexity index is 991. The van der Waals surface area contributed by atoms with Gasteiger partial charge in [-0.05, 0) is 42.7 Å². The van der Waals surface area contributed by atoms with Crippen molar-refractivity contribution in [1.82, 2.24) is 10.3 Å². The monoisotopic (exact) mass is 420 g/mol. The van der Waals surface area contributed by atoms with Gasteiger partial charge in [-0.2, -0.15) is 0 Å². The molecule has 0 bridgehead atoms. The van der Waals surface area contributed by atoms with Crippen LogP contribution in [0.1, 0.15) is 37.6 Å². The van der Waals surface area contributed by atoms with E-state index in [-0.39, 0.29) is 5.91 Å². The minimum atomic E-state index is -0.0891. The van der Waals surface area contributed by atoms with Crippen molar-refractivity contribution in [1.29, 1.82) is 0 Å². The summed E-state index contributed by atoms with van der Waals surface area (Å²) in [6, 6.07) is 15.7. The molecule has 0 saturated heterocycles. The van der Waals surface area contributed by atoms with Gasteiger partial charge in [0, 0.05) is 36.6 Å². The van der Waals surface area contributed by atoms with E-state index in [1.807, 2.05) is 61.5 Å². The standard InChI is InChI=1S/C24H28N4OS/c1-4-12-28(24-27-17(2)18(3)30-24)16-19-8-10-22(11-9-19)23(29)26-15-21-7-5-6-20(13-21)14-25/h4-11,13H,1,12,14-16,25H2,2-3H3,(H,26,29). The molecule has 0 radical (unpaired) electrons. The van der Waals surface area contributed by atoms with E-state index in [1.54, 1.807) is 11.3 Å². The molecule has 1 heterocycles. The maximum atomic E-state index is 12.5. The third kappa shape index (κ3) is 5.55. The van der Waals surface area contributed by atoms with E-state index in [0.717, 1.165) is 34.1 Å². The van der Waals surface area contributed by atoms with Crippen molar-refractivity contribution >= 4 is 22.4 Å². The van der Waals surface area contributed by atoms with Crippen LogP contribution < -0.4 is 16.0 Å². The maximum Gasteiger partial charge on any atom is 0.251 e. The Balaban J connectivity index is 1.62. The van der Waals surface area contributed by atoms with Gasteiger partial charge in [0.1, 0.15) is 0 Å². The van der Waals surface area contributed by atoms with Gasteiger partial charge in [0.2, 0.25) is 0 Å².